The molecule has 0 aliphatic heterocycles. The fourth-order valence-corrected chi connectivity index (χ4v) is 3.35. The van der Waals surface area contributed by atoms with Crippen LogP contribution in [0.5, 0.6) is 5.75 Å². The van der Waals surface area contributed by atoms with Gasteiger partial charge in [0.1, 0.15) is 5.75 Å². The zero-order valence-electron chi connectivity index (χ0n) is 15.3. The Labute approximate surface area is 153 Å². The molecule has 0 unspecified atom stereocenters. The lowest BCUT2D eigenvalue weighted by Crippen LogP contribution is -2.02. The smallest absolute Gasteiger partial charge is 0.307 e. The van der Waals surface area contributed by atoms with E-state index in [1.165, 1.54) is 5.56 Å². The summed E-state index contributed by atoms with van der Waals surface area (Å²) in [5.41, 5.74) is 4.76. The molecule has 26 heavy (non-hydrogen) atoms. The van der Waals surface area contributed by atoms with Crippen molar-refractivity contribution in [2.24, 2.45) is 0 Å². The van der Waals surface area contributed by atoms with E-state index in [4.69, 9.17) is 4.74 Å². The lowest BCUT2D eigenvalue weighted by molar-refractivity contribution is -0.136. The second kappa shape index (κ2) is 8.09. The summed E-state index contributed by atoms with van der Waals surface area (Å²) in [5.74, 6) is -0.0700. The van der Waals surface area contributed by atoms with Crippen molar-refractivity contribution in [2.45, 2.75) is 39.5 Å². The molecule has 1 heterocycles. The largest absolute Gasteiger partial charge is 0.493 e. The number of aryl methyl sites for hydroxylation is 1. The molecule has 0 fully saturated rings. The van der Waals surface area contributed by atoms with E-state index in [0.717, 1.165) is 52.7 Å². The van der Waals surface area contributed by atoms with Gasteiger partial charge >= 0.3 is 5.97 Å². The molecule has 0 aliphatic rings. The van der Waals surface area contributed by atoms with Crippen LogP contribution in [-0.4, -0.2) is 22.7 Å². The SMILES string of the molecule is CCCCc1ccc2[nH]c(-c3ccccc3OCC)c(CC(=O)O)c2c1. The molecule has 0 saturated carbocycles. The van der Waals surface area contributed by atoms with Crippen LogP contribution in [0.25, 0.3) is 22.2 Å². The summed E-state index contributed by atoms with van der Waals surface area (Å²) in [6.07, 6.45) is 3.26. The molecule has 0 radical (unpaired) electrons. The van der Waals surface area contributed by atoms with Gasteiger partial charge in [-0.3, -0.25) is 4.79 Å². The number of H-pyrrole nitrogens is 1. The van der Waals surface area contributed by atoms with Crippen LogP contribution in [0.2, 0.25) is 0 Å². The van der Waals surface area contributed by atoms with Crippen molar-refractivity contribution in [3.63, 3.8) is 0 Å². The van der Waals surface area contributed by atoms with Crippen LogP contribution in [0.3, 0.4) is 0 Å². The van der Waals surface area contributed by atoms with E-state index < -0.39 is 5.97 Å². The zero-order valence-corrected chi connectivity index (χ0v) is 15.3. The third-order valence-electron chi connectivity index (χ3n) is 4.57. The summed E-state index contributed by atoms with van der Waals surface area (Å²) in [4.78, 5) is 14.9. The van der Waals surface area contributed by atoms with E-state index >= 15 is 0 Å². The van der Waals surface area contributed by atoms with Crippen LogP contribution >= 0.6 is 0 Å². The minimum atomic E-state index is -0.833. The molecular formula is C22H25NO3. The van der Waals surface area contributed by atoms with Crippen LogP contribution in [0.15, 0.2) is 42.5 Å². The fraction of sp³-hybridized carbons (Fsp3) is 0.318. The number of ether oxygens (including phenoxy) is 1. The number of carboxylic acids is 1. The molecule has 0 amide bonds. The lowest BCUT2D eigenvalue weighted by atomic mass is 9.99. The number of aliphatic carboxylic acids is 1. The van der Waals surface area contributed by atoms with Gasteiger partial charge in [0, 0.05) is 16.5 Å². The maximum Gasteiger partial charge on any atom is 0.307 e. The molecule has 3 rings (SSSR count). The van der Waals surface area contributed by atoms with E-state index in [-0.39, 0.29) is 6.42 Å². The zero-order chi connectivity index (χ0) is 18.5. The Balaban J connectivity index is 2.17. The first-order valence-electron chi connectivity index (χ1n) is 9.21. The topological polar surface area (TPSA) is 62.3 Å². The van der Waals surface area contributed by atoms with Gasteiger partial charge in [0.15, 0.2) is 0 Å². The van der Waals surface area contributed by atoms with Crippen molar-refractivity contribution in [1.29, 1.82) is 0 Å². The highest BCUT2D eigenvalue weighted by molar-refractivity contribution is 5.95. The van der Waals surface area contributed by atoms with E-state index in [1.54, 1.807) is 0 Å². The molecule has 2 aromatic carbocycles. The number of aromatic amines is 1. The number of carboxylic acid groups (broad SMARTS) is 1. The van der Waals surface area contributed by atoms with Crippen molar-refractivity contribution in [3.8, 4) is 17.0 Å². The maximum absolute atomic E-state index is 11.5. The van der Waals surface area contributed by atoms with E-state index in [1.807, 2.05) is 31.2 Å². The predicted molar refractivity (Wildman–Crippen MR) is 105 cm³/mol. The van der Waals surface area contributed by atoms with Gasteiger partial charge in [0.05, 0.1) is 18.7 Å². The molecule has 136 valence electrons. The second-order valence-electron chi connectivity index (χ2n) is 6.46. The minimum Gasteiger partial charge on any atom is -0.493 e. The van der Waals surface area contributed by atoms with Gasteiger partial charge in [-0.05, 0) is 55.2 Å². The predicted octanol–water partition coefficient (Wildman–Crippen LogP) is 5.20. The molecule has 3 aromatic rings. The van der Waals surface area contributed by atoms with Crippen LogP contribution in [0.4, 0.5) is 0 Å². The number of unbranched alkanes of at least 4 members (excludes halogenated alkanes) is 1. The van der Waals surface area contributed by atoms with Gasteiger partial charge in [-0.15, -0.1) is 0 Å². The molecule has 1 aromatic heterocycles. The monoisotopic (exact) mass is 351 g/mol. The molecule has 4 nitrogen and oxygen atoms in total. The normalized spacial score (nSPS) is 11.0. The highest BCUT2D eigenvalue weighted by atomic mass is 16.5. The quantitative estimate of drug-likeness (QED) is 0.586. The molecular weight excluding hydrogens is 326 g/mol. The highest BCUT2D eigenvalue weighted by Gasteiger charge is 2.18. The van der Waals surface area contributed by atoms with Gasteiger partial charge in [-0.25, -0.2) is 0 Å². The van der Waals surface area contributed by atoms with Gasteiger partial charge < -0.3 is 14.8 Å². The van der Waals surface area contributed by atoms with Crippen LogP contribution in [0, 0.1) is 0 Å². The maximum atomic E-state index is 11.5. The van der Waals surface area contributed by atoms with Crippen LogP contribution in [-0.2, 0) is 17.6 Å². The van der Waals surface area contributed by atoms with E-state index in [2.05, 4.69) is 30.1 Å². The number of fused-ring (bicyclic) bond motifs is 1. The molecule has 0 atom stereocenters. The number of hydrogen-bond acceptors (Lipinski definition) is 2. The average Bonchev–Trinajstić information content (AvgIpc) is 2.98. The van der Waals surface area contributed by atoms with Gasteiger partial charge in [-0.1, -0.05) is 31.5 Å². The minimum absolute atomic E-state index is 0.0208. The Morgan fingerprint density at radius 2 is 1.96 bits per heavy atom. The number of aromatic nitrogens is 1. The van der Waals surface area contributed by atoms with Crippen molar-refractivity contribution in [1.82, 2.24) is 4.98 Å². The number of carbonyl (C=O) groups is 1. The molecule has 0 saturated heterocycles. The highest BCUT2D eigenvalue weighted by Crippen LogP contribution is 2.36. The molecule has 4 heteroatoms. The van der Waals surface area contributed by atoms with E-state index in [0.29, 0.717) is 6.61 Å². The number of benzene rings is 2. The molecule has 0 bridgehead atoms. The first-order valence-corrected chi connectivity index (χ1v) is 9.21. The Bertz CT molecular complexity index is 911. The summed E-state index contributed by atoms with van der Waals surface area (Å²) in [6, 6.07) is 14.1. The summed E-state index contributed by atoms with van der Waals surface area (Å²) in [7, 11) is 0. The molecule has 0 spiro atoms. The van der Waals surface area contributed by atoms with Gasteiger partial charge in [0.25, 0.3) is 0 Å². The average molecular weight is 351 g/mol. The number of rotatable bonds is 8. The van der Waals surface area contributed by atoms with Crippen molar-refractivity contribution >= 4 is 16.9 Å². The van der Waals surface area contributed by atoms with Crippen LogP contribution < -0.4 is 4.74 Å². The summed E-state index contributed by atoms with van der Waals surface area (Å²) < 4.78 is 5.76. The number of hydrogen-bond donors (Lipinski definition) is 2. The first kappa shape index (κ1) is 18.1. The fourth-order valence-electron chi connectivity index (χ4n) is 3.35. The third kappa shape index (κ3) is 3.74. The Morgan fingerprint density at radius 1 is 1.15 bits per heavy atom. The number of para-hydroxylation sites is 1. The standard InChI is InChI=1S/C22H25NO3/c1-3-5-8-15-11-12-19-17(13-15)18(14-21(24)25)22(23-19)16-9-6-7-10-20(16)26-4-2/h6-7,9-13,23H,3-5,8,14H2,1-2H3,(H,24,25). The third-order valence-corrected chi connectivity index (χ3v) is 4.57. The Morgan fingerprint density at radius 3 is 2.69 bits per heavy atom. The summed E-state index contributed by atoms with van der Waals surface area (Å²) in [5, 5.41) is 10.4. The first-order chi connectivity index (χ1) is 12.6. The number of nitrogens with one attached hydrogen (secondary N) is 1. The van der Waals surface area contributed by atoms with Gasteiger partial charge in [0.2, 0.25) is 0 Å². The lowest BCUT2D eigenvalue weighted by Gasteiger charge is -2.10. The van der Waals surface area contributed by atoms with Crippen LogP contribution in [0.1, 0.15) is 37.8 Å². The Kier molecular flexibility index (Phi) is 5.61. The summed E-state index contributed by atoms with van der Waals surface area (Å²) in [6.45, 7) is 4.68. The van der Waals surface area contributed by atoms with Crippen molar-refractivity contribution < 1.29 is 14.6 Å². The van der Waals surface area contributed by atoms with Gasteiger partial charge in [-0.2, -0.15) is 0 Å². The molecule has 2 N–H and O–H groups in total. The molecule has 0 aliphatic carbocycles. The second-order valence-corrected chi connectivity index (χ2v) is 6.46. The summed E-state index contributed by atoms with van der Waals surface area (Å²) >= 11 is 0. The van der Waals surface area contributed by atoms with E-state index in [9.17, 15) is 9.90 Å². The van der Waals surface area contributed by atoms with Crippen molar-refractivity contribution in [2.75, 3.05) is 6.61 Å². The Hall–Kier alpha value is -2.75. The van der Waals surface area contributed by atoms with Crippen molar-refractivity contribution in [3.05, 3.63) is 53.6 Å².